The molecule has 1 atom stereocenters. The maximum absolute atomic E-state index is 5.65. The molecule has 0 saturated carbocycles. The molecule has 1 unspecified atom stereocenters. The van der Waals surface area contributed by atoms with E-state index in [2.05, 4.69) is 36.3 Å². The number of aryl methyl sites for hydroxylation is 1. The molecular weight excluding hydrogens is 244 g/mol. The van der Waals surface area contributed by atoms with Gasteiger partial charge in [0.15, 0.2) is 5.58 Å². The topological polar surface area (TPSA) is 38.1 Å². The highest BCUT2D eigenvalue weighted by molar-refractivity contribution is 7.12. The van der Waals surface area contributed by atoms with Gasteiger partial charge in [0.2, 0.25) is 0 Å². The van der Waals surface area contributed by atoms with Crippen LogP contribution in [0.5, 0.6) is 0 Å². The molecule has 0 aliphatic carbocycles. The molecule has 3 nitrogen and oxygen atoms in total. The van der Waals surface area contributed by atoms with Crippen molar-refractivity contribution in [1.29, 1.82) is 0 Å². The number of fused-ring (bicyclic) bond motifs is 1. The highest BCUT2D eigenvalue weighted by Crippen LogP contribution is 2.27. The summed E-state index contributed by atoms with van der Waals surface area (Å²) < 4.78 is 5.65. The molecule has 2 aromatic heterocycles. The molecule has 0 aliphatic heterocycles. The number of hydrogen-bond acceptors (Lipinski definition) is 4. The first-order chi connectivity index (χ1) is 8.72. The van der Waals surface area contributed by atoms with Gasteiger partial charge < -0.3 is 9.73 Å². The Morgan fingerprint density at radius 3 is 2.78 bits per heavy atom. The average Bonchev–Trinajstić information content (AvgIpc) is 2.94. The number of anilines is 1. The maximum Gasteiger partial charge on any atom is 0.296 e. The Labute approximate surface area is 109 Å². The molecule has 0 radical (unpaired) electrons. The summed E-state index contributed by atoms with van der Waals surface area (Å²) in [6.45, 7) is 4.22. The number of aromatic nitrogens is 1. The Bertz CT molecular complexity index is 638. The lowest BCUT2D eigenvalue weighted by atomic mass is 10.3. The van der Waals surface area contributed by atoms with Crippen LogP contribution in [0.25, 0.3) is 11.1 Å². The highest BCUT2D eigenvalue weighted by Gasteiger charge is 2.11. The summed E-state index contributed by atoms with van der Waals surface area (Å²) in [5, 5.41) is 3.29. The second kappa shape index (κ2) is 4.46. The predicted molar refractivity (Wildman–Crippen MR) is 75.1 cm³/mol. The molecule has 2 heterocycles. The van der Waals surface area contributed by atoms with Crippen LogP contribution in [0.2, 0.25) is 0 Å². The minimum Gasteiger partial charge on any atom is -0.424 e. The van der Waals surface area contributed by atoms with Gasteiger partial charge in [-0.05, 0) is 38.1 Å². The van der Waals surface area contributed by atoms with Crippen LogP contribution in [0.4, 0.5) is 6.01 Å². The van der Waals surface area contributed by atoms with Crippen molar-refractivity contribution in [2.75, 3.05) is 5.32 Å². The molecule has 0 saturated heterocycles. The molecule has 18 heavy (non-hydrogen) atoms. The molecule has 1 N–H and O–H groups in total. The van der Waals surface area contributed by atoms with Crippen LogP contribution in [0, 0.1) is 6.92 Å². The minimum atomic E-state index is 0.205. The molecule has 0 aliphatic rings. The number of para-hydroxylation sites is 2. The van der Waals surface area contributed by atoms with Crippen molar-refractivity contribution in [3.63, 3.8) is 0 Å². The van der Waals surface area contributed by atoms with Crippen LogP contribution in [0.15, 0.2) is 40.8 Å². The molecular formula is C14H14N2OS. The second-order valence-corrected chi connectivity index (χ2v) is 5.62. The predicted octanol–water partition coefficient (Wildman–Crippen LogP) is 4.37. The van der Waals surface area contributed by atoms with E-state index in [1.54, 1.807) is 11.3 Å². The first kappa shape index (κ1) is 11.3. The first-order valence-corrected chi connectivity index (χ1v) is 6.72. The van der Waals surface area contributed by atoms with Gasteiger partial charge in [0, 0.05) is 9.75 Å². The van der Waals surface area contributed by atoms with E-state index in [0.717, 1.165) is 11.1 Å². The number of nitrogens with zero attached hydrogens (tertiary/aromatic N) is 1. The minimum absolute atomic E-state index is 0.205. The first-order valence-electron chi connectivity index (χ1n) is 5.91. The molecule has 3 rings (SSSR count). The number of rotatable bonds is 3. The summed E-state index contributed by atoms with van der Waals surface area (Å²) in [4.78, 5) is 7.01. The van der Waals surface area contributed by atoms with Gasteiger partial charge in [-0.15, -0.1) is 11.3 Å². The van der Waals surface area contributed by atoms with Crippen LogP contribution < -0.4 is 5.32 Å². The van der Waals surface area contributed by atoms with Crippen molar-refractivity contribution in [1.82, 2.24) is 4.98 Å². The monoisotopic (exact) mass is 258 g/mol. The average molecular weight is 258 g/mol. The molecule has 0 bridgehead atoms. The van der Waals surface area contributed by atoms with Gasteiger partial charge in [0.25, 0.3) is 6.01 Å². The van der Waals surface area contributed by atoms with Crippen LogP contribution in [-0.4, -0.2) is 4.98 Å². The smallest absolute Gasteiger partial charge is 0.296 e. The highest BCUT2D eigenvalue weighted by atomic mass is 32.1. The molecule has 92 valence electrons. The van der Waals surface area contributed by atoms with Gasteiger partial charge in [0.1, 0.15) is 5.52 Å². The third-order valence-electron chi connectivity index (χ3n) is 2.82. The lowest BCUT2D eigenvalue weighted by molar-refractivity contribution is 0.605. The van der Waals surface area contributed by atoms with Crippen LogP contribution in [0.3, 0.4) is 0 Å². The van der Waals surface area contributed by atoms with Crippen molar-refractivity contribution in [3.8, 4) is 0 Å². The zero-order chi connectivity index (χ0) is 12.5. The number of nitrogens with one attached hydrogen (secondary N) is 1. The quantitative estimate of drug-likeness (QED) is 0.758. The third-order valence-corrected chi connectivity index (χ3v) is 4.01. The number of oxazole rings is 1. The van der Waals surface area contributed by atoms with E-state index in [1.807, 2.05) is 24.3 Å². The zero-order valence-corrected chi connectivity index (χ0v) is 11.1. The summed E-state index contributed by atoms with van der Waals surface area (Å²) in [5.41, 5.74) is 1.70. The Kier molecular flexibility index (Phi) is 2.80. The summed E-state index contributed by atoms with van der Waals surface area (Å²) >= 11 is 1.79. The Hall–Kier alpha value is -1.81. The molecule has 0 amide bonds. The summed E-state index contributed by atoms with van der Waals surface area (Å²) in [7, 11) is 0. The van der Waals surface area contributed by atoms with E-state index < -0.39 is 0 Å². The largest absolute Gasteiger partial charge is 0.424 e. The lowest BCUT2D eigenvalue weighted by Gasteiger charge is -2.09. The second-order valence-electron chi connectivity index (χ2n) is 4.30. The fraction of sp³-hybridized carbons (Fsp3) is 0.214. The van der Waals surface area contributed by atoms with Crippen molar-refractivity contribution in [2.45, 2.75) is 19.9 Å². The Balaban J connectivity index is 1.83. The molecule has 1 aromatic carbocycles. The van der Waals surface area contributed by atoms with Gasteiger partial charge in [-0.2, -0.15) is 4.98 Å². The van der Waals surface area contributed by atoms with Gasteiger partial charge >= 0.3 is 0 Å². The Morgan fingerprint density at radius 1 is 1.22 bits per heavy atom. The molecule has 0 fully saturated rings. The summed E-state index contributed by atoms with van der Waals surface area (Å²) in [6.07, 6.45) is 0. The maximum atomic E-state index is 5.65. The standard InChI is InChI=1S/C14H14N2OS/c1-9-7-8-13(18-9)10(2)15-14-16-11-5-3-4-6-12(11)17-14/h3-8,10H,1-2H3,(H,15,16). The summed E-state index contributed by atoms with van der Waals surface area (Å²) in [5.74, 6) is 0. The van der Waals surface area contributed by atoms with Crippen molar-refractivity contribution in [3.05, 3.63) is 46.2 Å². The number of hydrogen-bond donors (Lipinski definition) is 1. The van der Waals surface area contributed by atoms with Crippen LogP contribution >= 0.6 is 11.3 Å². The van der Waals surface area contributed by atoms with E-state index in [0.29, 0.717) is 6.01 Å². The van der Waals surface area contributed by atoms with E-state index >= 15 is 0 Å². The van der Waals surface area contributed by atoms with E-state index in [-0.39, 0.29) is 6.04 Å². The number of thiophene rings is 1. The lowest BCUT2D eigenvalue weighted by Crippen LogP contribution is -2.04. The van der Waals surface area contributed by atoms with Gasteiger partial charge in [-0.1, -0.05) is 12.1 Å². The zero-order valence-electron chi connectivity index (χ0n) is 10.3. The normalized spacial score (nSPS) is 12.8. The van der Waals surface area contributed by atoms with Crippen LogP contribution in [0.1, 0.15) is 22.7 Å². The van der Waals surface area contributed by atoms with Crippen LogP contribution in [-0.2, 0) is 0 Å². The number of benzene rings is 1. The molecule has 0 spiro atoms. The van der Waals surface area contributed by atoms with Gasteiger partial charge in [-0.25, -0.2) is 0 Å². The Morgan fingerprint density at radius 2 is 2.06 bits per heavy atom. The fourth-order valence-electron chi connectivity index (χ4n) is 1.88. The molecule has 3 aromatic rings. The van der Waals surface area contributed by atoms with Gasteiger partial charge in [-0.3, -0.25) is 0 Å². The summed E-state index contributed by atoms with van der Waals surface area (Å²) in [6, 6.07) is 12.8. The van der Waals surface area contributed by atoms with E-state index in [1.165, 1.54) is 9.75 Å². The van der Waals surface area contributed by atoms with Crippen molar-refractivity contribution >= 4 is 28.5 Å². The van der Waals surface area contributed by atoms with E-state index in [9.17, 15) is 0 Å². The third kappa shape index (κ3) is 2.11. The SMILES string of the molecule is Cc1ccc(C(C)Nc2nc3ccccc3o2)s1. The fourth-order valence-corrected chi connectivity index (χ4v) is 2.76. The van der Waals surface area contributed by atoms with Crippen molar-refractivity contribution < 1.29 is 4.42 Å². The van der Waals surface area contributed by atoms with E-state index in [4.69, 9.17) is 4.42 Å². The van der Waals surface area contributed by atoms with Crippen molar-refractivity contribution in [2.24, 2.45) is 0 Å². The van der Waals surface area contributed by atoms with Gasteiger partial charge in [0.05, 0.1) is 6.04 Å². The molecule has 4 heteroatoms.